The summed E-state index contributed by atoms with van der Waals surface area (Å²) in [5.41, 5.74) is 0. The second-order valence-electron chi connectivity index (χ2n) is 8.42. The summed E-state index contributed by atoms with van der Waals surface area (Å²) in [5, 5.41) is 2.47. The van der Waals surface area contributed by atoms with Gasteiger partial charge >= 0.3 is 6.03 Å². The van der Waals surface area contributed by atoms with E-state index in [4.69, 9.17) is 4.99 Å². The first-order chi connectivity index (χ1) is 11.8. The standard InChI is InChI=1S/C18H31N5O2/c1-11(2)6-7-23-14-15(21(5)18(25)20-16(14)24)19-17(23)22-9-12(3)8-13(4)10-22/h11-15H,6-10H2,1-5H3,(H,20,24,25). The number of guanidine groups is 1. The van der Waals surface area contributed by atoms with Crippen LogP contribution in [0.25, 0.3) is 0 Å². The zero-order valence-electron chi connectivity index (χ0n) is 16.0. The van der Waals surface area contributed by atoms with Gasteiger partial charge in [0, 0.05) is 26.7 Å². The van der Waals surface area contributed by atoms with Crippen molar-refractivity contribution in [3.63, 3.8) is 0 Å². The summed E-state index contributed by atoms with van der Waals surface area (Å²) in [7, 11) is 1.72. The van der Waals surface area contributed by atoms with Gasteiger partial charge in [0.25, 0.3) is 5.91 Å². The molecule has 0 saturated carbocycles. The molecule has 3 heterocycles. The van der Waals surface area contributed by atoms with Crippen molar-refractivity contribution in [3.8, 4) is 0 Å². The second kappa shape index (κ2) is 6.84. The lowest BCUT2D eigenvalue weighted by atomic mass is 9.92. The van der Waals surface area contributed by atoms with Gasteiger partial charge in [-0.2, -0.15) is 0 Å². The van der Waals surface area contributed by atoms with Gasteiger partial charge in [0.15, 0.2) is 18.2 Å². The number of piperidine rings is 1. The van der Waals surface area contributed by atoms with Gasteiger partial charge in [0.05, 0.1) is 0 Å². The van der Waals surface area contributed by atoms with Crippen molar-refractivity contribution in [1.29, 1.82) is 0 Å². The van der Waals surface area contributed by atoms with Gasteiger partial charge in [-0.3, -0.25) is 10.1 Å². The zero-order valence-corrected chi connectivity index (χ0v) is 16.0. The third kappa shape index (κ3) is 3.46. The number of nitrogens with zero attached hydrogens (tertiary/aromatic N) is 4. The Bertz CT molecular complexity index is 566. The van der Waals surface area contributed by atoms with E-state index in [0.29, 0.717) is 17.8 Å². The molecule has 0 aromatic rings. The molecule has 25 heavy (non-hydrogen) atoms. The normalized spacial score (nSPS) is 32.9. The van der Waals surface area contributed by atoms with Crippen LogP contribution in [0.1, 0.15) is 40.5 Å². The number of nitrogens with one attached hydrogen (secondary N) is 1. The van der Waals surface area contributed by atoms with Gasteiger partial charge in [-0.25, -0.2) is 9.79 Å². The average molecular weight is 349 g/mol. The van der Waals surface area contributed by atoms with Crippen LogP contribution in [0.5, 0.6) is 0 Å². The average Bonchev–Trinajstić information content (AvgIpc) is 2.90. The molecule has 3 amide bonds. The number of urea groups is 1. The van der Waals surface area contributed by atoms with Crippen LogP contribution in [-0.2, 0) is 4.79 Å². The van der Waals surface area contributed by atoms with Crippen LogP contribution in [0.2, 0.25) is 0 Å². The Hall–Kier alpha value is -1.79. The third-order valence-electron chi connectivity index (χ3n) is 5.44. The number of likely N-dealkylation sites (N-methyl/N-ethyl adjacent to an activating group) is 1. The number of fused-ring (bicyclic) bond motifs is 1. The van der Waals surface area contributed by atoms with Gasteiger partial charge in [-0.05, 0) is 30.6 Å². The highest BCUT2D eigenvalue weighted by Gasteiger charge is 2.49. The maximum absolute atomic E-state index is 12.6. The van der Waals surface area contributed by atoms with Gasteiger partial charge in [0.2, 0.25) is 0 Å². The molecule has 3 rings (SSSR count). The fourth-order valence-electron chi connectivity index (χ4n) is 4.24. The number of imide groups is 1. The Kier molecular flexibility index (Phi) is 4.93. The molecule has 0 aliphatic carbocycles. The van der Waals surface area contributed by atoms with Crippen LogP contribution >= 0.6 is 0 Å². The molecule has 0 radical (unpaired) electrons. The van der Waals surface area contributed by atoms with Crippen molar-refractivity contribution in [2.24, 2.45) is 22.7 Å². The summed E-state index contributed by atoms with van der Waals surface area (Å²) in [6.07, 6.45) is 1.80. The number of likely N-dealkylation sites (tertiary alicyclic amines) is 1. The Morgan fingerprint density at radius 3 is 2.44 bits per heavy atom. The van der Waals surface area contributed by atoms with Crippen LogP contribution in [-0.4, -0.2) is 71.5 Å². The summed E-state index contributed by atoms with van der Waals surface area (Å²) in [6, 6.07) is -0.774. The molecule has 3 aliphatic heterocycles. The van der Waals surface area contributed by atoms with Crippen LogP contribution in [0.15, 0.2) is 4.99 Å². The van der Waals surface area contributed by atoms with Gasteiger partial charge in [-0.15, -0.1) is 0 Å². The molecule has 7 nitrogen and oxygen atoms in total. The first kappa shape index (κ1) is 18.0. The number of carbonyl (C=O) groups is 2. The monoisotopic (exact) mass is 349 g/mol. The number of hydrogen-bond donors (Lipinski definition) is 1. The number of carbonyl (C=O) groups excluding carboxylic acids is 2. The number of hydrogen-bond acceptors (Lipinski definition) is 5. The van der Waals surface area contributed by atoms with E-state index in [1.807, 2.05) is 0 Å². The van der Waals surface area contributed by atoms with Crippen molar-refractivity contribution in [3.05, 3.63) is 0 Å². The van der Waals surface area contributed by atoms with Gasteiger partial charge < -0.3 is 14.7 Å². The van der Waals surface area contributed by atoms with Crippen molar-refractivity contribution < 1.29 is 9.59 Å². The quantitative estimate of drug-likeness (QED) is 0.840. The van der Waals surface area contributed by atoms with E-state index in [1.54, 1.807) is 11.9 Å². The maximum atomic E-state index is 12.6. The molecule has 0 aromatic carbocycles. The summed E-state index contributed by atoms with van der Waals surface area (Å²) in [4.78, 5) is 35.4. The molecule has 2 fully saturated rings. The van der Waals surface area contributed by atoms with E-state index in [0.717, 1.165) is 32.0 Å². The Morgan fingerprint density at radius 2 is 1.84 bits per heavy atom. The van der Waals surface area contributed by atoms with E-state index in [9.17, 15) is 9.59 Å². The minimum atomic E-state index is -0.420. The number of amides is 3. The number of aliphatic imine (C=N–C) groups is 1. The van der Waals surface area contributed by atoms with Crippen LogP contribution in [0.4, 0.5) is 4.79 Å². The zero-order chi connectivity index (χ0) is 18.3. The van der Waals surface area contributed by atoms with Crippen molar-refractivity contribution in [2.45, 2.75) is 52.7 Å². The van der Waals surface area contributed by atoms with Gasteiger partial charge in [0.1, 0.15) is 0 Å². The fourth-order valence-corrected chi connectivity index (χ4v) is 4.24. The van der Waals surface area contributed by atoms with E-state index in [-0.39, 0.29) is 11.9 Å². The summed E-state index contributed by atoms with van der Waals surface area (Å²) in [5.74, 6) is 2.42. The molecular formula is C18H31N5O2. The number of rotatable bonds is 3. The predicted octanol–water partition coefficient (Wildman–Crippen LogP) is 1.56. The second-order valence-corrected chi connectivity index (χ2v) is 8.42. The SMILES string of the molecule is CC(C)CCN1C(N2CC(C)CC(C)C2)=NC2C1C(=O)NC(=O)N2C. The van der Waals surface area contributed by atoms with E-state index < -0.39 is 12.2 Å². The molecule has 0 aromatic heterocycles. The lowest BCUT2D eigenvalue weighted by Crippen LogP contribution is -2.64. The lowest BCUT2D eigenvalue weighted by molar-refractivity contribution is -0.127. The highest BCUT2D eigenvalue weighted by molar-refractivity contribution is 6.03. The predicted molar refractivity (Wildman–Crippen MR) is 97.0 cm³/mol. The molecule has 7 heteroatoms. The molecule has 3 aliphatic rings. The highest BCUT2D eigenvalue weighted by atomic mass is 16.2. The van der Waals surface area contributed by atoms with Crippen LogP contribution < -0.4 is 5.32 Å². The summed E-state index contributed by atoms with van der Waals surface area (Å²) < 4.78 is 0. The minimum Gasteiger partial charge on any atom is -0.342 e. The minimum absolute atomic E-state index is 0.228. The highest BCUT2D eigenvalue weighted by Crippen LogP contribution is 2.29. The molecule has 140 valence electrons. The van der Waals surface area contributed by atoms with Crippen molar-refractivity contribution >= 4 is 17.9 Å². The largest absolute Gasteiger partial charge is 0.342 e. The maximum Gasteiger partial charge on any atom is 0.325 e. The Morgan fingerprint density at radius 1 is 1.20 bits per heavy atom. The van der Waals surface area contributed by atoms with Gasteiger partial charge in [-0.1, -0.05) is 27.7 Å². The topological polar surface area (TPSA) is 68.2 Å². The molecule has 4 atom stereocenters. The van der Waals surface area contributed by atoms with Crippen molar-refractivity contribution in [2.75, 3.05) is 26.7 Å². The van der Waals surface area contributed by atoms with Crippen molar-refractivity contribution in [1.82, 2.24) is 20.0 Å². The smallest absolute Gasteiger partial charge is 0.325 e. The molecule has 4 unspecified atom stereocenters. The Labute approximate surface area is 150 Å². The third-order valence-corrected chi connectivity index (χ3v) is 5.44. The first-order valence-electron chi connectivity index (χ1n) is 9.45. The molecule has 1 N–H and O–H groups in total. The van der Waals surface area contributed by atoms with E-state index in [1.165, 1.54) is 6.42 Å². The van der Waals surface area contributed by atoms with Crippen LogP contribution in [0, 0.1) is 17.8 Å². The lowest BCUT2D eigenvalue weighted by Gasteiger charge is -2.41. The Balaban J connectivity index is 1.89. The summed E-state index contributed by atoms with van der Waals surface area (Å²) >= 11 is 0. The van der Waals surface area contributed by atoms with E-state index >= 15 is 0 Å². The van der Waals surface area contributed by atoms with Crippen LogP contribution in [0.3, 0.4) is 0 Å². The summed E-state index contributed by atoms with van der Waals surface area (Å²) in [6.45, 7) is 11.6. The molecular weight excluding hydrogens is 318 g/mol. The first-order valence-corrected chi connectivity index (χ1v) is 9.45. The fraction of sp³-hybridized carbons (Fsp3) is 0.833. The molecule has 0 spiro atoms. The van der Waals surface area contributed by atoms with E-state index in [2.05, 4.69) is 42.8 Å². The molecule has 0 bridgehead atoms. The molecule has 2 saturated heterocycles.